The van der Waals surface area contributed by atoms with Crippen LogP contribution in [0.3, 0.4) is 0 Å². The van der Waals surface area contributed by atoms with Gasteiger partial charge >= 0.3 is 0 Å². The van der Waals surface area contributed by atoms with Crippen molar-refractivity contribution >= 4 is 28.4 Å². The van der Waals surface area contributed by atoms with E-state index in [2.05, 4.69) is 5.32 Å². The second-order valence-electron chi connectivity index (χ2n) is 7.49. The van der Waals surface area contributed by atoms with Crippen LogP contribution in [-0.4, -0.2) is 15.6 Å². The van der Waals surface area contributed by atoms with E-state index in [0.29, 0.717) is 10.7 Å². The molecule has 1 fully saturated rings. The number of nitrogens with one attached hydrogen (secondary N) is 1. The summed E-state index contributed by atoms with van der Waals surface area (Å²) in [6, 6.07) is 15.3. The Morgan fingerprint density at radius 2 is 1.89 bits per heavy atom. The van der Waals surface area contributed by atoms with Gasteiger partial charge in [0.05, 0.1) is 11.6 Å². The Balaban J connectivity index is 1.51. The Hall–Kier alpha value is -2.30. The molecule has 0 radical (unpaired) electrons. The van der Waals surface area contributed by atoms with Crippen molar-refractivity contribution in [2.75, 3.05) is 0 Å². The van der Waals surface area contributed by atoms with Crippen LogP contribution in [0.2, 0.25) is 5.02 Å². The number of hydrogen-bond acceptors (Lipinski definition) is 2. The highest BCUT2D eigenvalue weighted by Crippen LogP contribution is 2.41. The second-order valence-corrected chi connectivity index (χ2v) is 7.93. The molecular weight excluding hydrogens is 360 g/mol. The molecule has 27 heavy (non-hydrogen) atoms. The van der Waals surface area contributed by atoms with E-state index in [1.54, 1.807) is 0 Å². The summed E-state index contributed by atoms with van der Waals surface area (Å²) in [6.07, 6.45) is 2.72. The summed E-state index contributed by atoms with van der Waals surface area (Å²) in [7, 11) is 1.87. The van der Waals surface area contributed by atoms with E-state index in [4.69, 9.17) is 11.6 Å². The standard InChI is InChI=1S/C22H23ClN2O2/c1-14(15-4-7-17(8-5-15)22(27)10-3-11-22)24-21(26)20-12-16-6-9-18(23)13-19(16)25(20)2/h4-9,12-14,27H,3,10-11H2,1-2H3,(H,24,26)/t14-/m1/s1. The molecule has 0 unspecified atom stereocenters. The van der Waals surface area contributed by atoms with Gasteiger partial charge in [0.1, 0.15) is 5.69 Å². The smallest absolute Gasteiger partial charge is 0.268 e. The van der Waals surface area contributed by atoms with Crippen LogP contribution in [0.25, 0.3) is 10.9 Å². The number of aromatic nitrogens is 1. The van der Waals surface area contributed by atoms with Gasteiger partial charge in [-0.05, 0) is 55.5 Å². The van der Waals surface area contributed by atoms with Crippen molar-refractivity contribution in [1.29, 1.82) is 0 Å². The van der Waals surface area contributed by atoms with Gasteiger partial charge in [0.2, 0.25) is 0 Å². The number of rotatable bonds is 4. The van der Waals surface area contributed by atoms with Crippen LogP contribution in [0.15, 0.2) is 48.5 Å². The van der Waals surface area contributed by atoms with Gasteiger partial charge in [0.15, 0.2) is 0 Å². The molecule has 1 aliphatic rings. The number of halogens is 1. The van der Waals surface area contributed by atoms with Crippen LogP contribution in [0, 0.1) is 0 Å². The number of fused-ring (bicyclic) bond motifs is 1. The summed E-state index contributed by atoms with van der Waals surface area (Å²) in [5.74, 6) is -0.126. The first kappa shape index (κ1) is 18.1. The number of aryl methyl sites for hydroxylation is 1. The molecule has 1 saturated carbocycles. The fraction of sp³-hybridized carbons (Fsp3) is 0.318. The van der Waals surface area contributed by atoms with E-state index >= 15 is 0 Å². The summed E-state index contributed by atoms with van der Waals surface area (Å²) in [5.41, 5.74) is 2.84. The lowest BCUT2D eigenvalue weighted by Gasteiger charge is -2.37. The summed E-state index contributed by atoms with van der Waals surface area (Å²) in [6.45, 7) is 1.96. The zero-order chi connectivity index (χ0) is 19.2. The van der Waals surface area contributed by atoms with E-state index < -0.39 is 5.60 Å². The minimum atomic E-state index is -0.657. The van der Waals surface area contributed by atoms with Crippen molar-refractivity contribution in [2.24, 2.45) is 7.05 Å². The van der Waals surface area contributed by atoms with E-state index in [-0.39, 0.29) is 11.9 Å². The van der Waals surface area contributed by atoms with Crippen molar-refractivity contribution in [2.45, 2.75) is 37.8 Å². The molecule has 4 rings (SSSR count). The normalized spacial score (nSPS) is 16.7. The first-order valence-electron chi connectivity index (χ1n) is 9.26. The van der Waals surface area contributed by atoms with Crippen molar-refractivity contribution < 1.29 is 9.90 Å². The summed E-state index contributed by atoms with van der Waals surface area (Å²) >= 11 is 6.07. The highest BCUT2D eigenvalue weighted by Gasteiger charge is 2.36. The number of nitrogens with zero attached hydrogens (tertiary/aromatic N) is 1. The number of aliphatic hydroxyl groups is 1. The van der Waals surface area contributed by atoms with Gasteiger partial charge in [-0.2, -0.15) is 0 Å². The van der Waals surface area contributed by atoms with Gasteiger partial charge in [0, 0.05) is 23.0 Å². The molecule has 0 bridgehead atoms. The summed E-state index contributed by atoms with van der Waals surface area (Å²) in [4.78, 5) is 12.8. The number of benzene rings is 2. The third-order valence-electron chi connectivity index (χ3n) is 5.72. The lowest BCUT2D eigenvalue weighted by atomic mass is 9.75. The summed E-state index contributed by atoms with van der Waals surface area (Å²) < 4.78 is 1.86. The topological polar surface area (TPSA) is 54.3 Å². The number of hydrogen-bond donors (Lipinski definition) is 2. The maximum Gasteiger partial charge on any atom is 0.268 e. The number of carbonyl (C=O) groups is 1. The quantitative estimate of drug-likeness (QED) is 0.687. The van der Waals surface area contributed by atoms with Crippen LogP contribution in [-0.2, 0) is 12.6 Å². The Kier molecular flexibility index (Phi) is 4.49. The van der Waals surface area contributed by atoms with Crippen molar-refractivity contribution in [3.63, 3.8) is 0 Å². The first-order chi connectivity index (χ1) is 12.9. The minimum Gasteiger partial charge on any atom is -0.385 e. The largest absolute Gasteiger partial charge is 0.385 e. The molecule has 3 aromatic rings. The van der Waals surface area contributed by atoms with Crippen LogP contribution >= 0.6 is 11.6 Å². The molecule has 140 valence electrons. The predicted molar refractivity (Wildman–Crippen MR) is 108 cm³/mol. The van der Waals surface area contributed by atoms with Crippen LogP contribution in [0.1, 0.15) is 53.8 Å². The Labute approximate surface area is 163 Å². The van der Waals surface area contributed by atoms with Gasteiger partial charge in [0.25, 0.3) is 5.91 Å². The van der Waals surface area contributed by atoms with Crippen molar-refractivity contribution in [1.82, 2.24) is 9.88 Å². The molecule has 5 heteroatoms. The van der Waals surface area contributed by atoms with Gasteiger partial charge in [-0.1, -0.05) is 41.9 Å². The third kappa shape index (κ3) is 3.24. The molecular formula is C22H23ClN2O2. The molecule has 0 aliphatic heterocycles. The monoisotopic (exact) mass is 382 g/mol. The van der Waals surface area contributed by atoms with Crippen LogP contribution < -0.4 is 5.32 Å². The second kappa shape index (κ2) is 6.70. The lowest BCUT2D eigenvalue weighted by molar-refractivity contribution is -0.0388. The molecule has 2 N–H and O–H groups in total. The average Bonchev–Trinajstić information content (AvgIpc) is 2.96. The minimum absolute atomic E-state index is 0.126. The Morgan fingerprint density at radius 3 is 2.52 bits per heavy atom. The molecule has 1 aliphatic carbocycles. The highest BCUT2D eigenvalue weighted by atomic mass is 35.5. The highest BCUT2D eigenvalue weighted by molar-refractivity contribution is 6.31. The van der Waals surface area contributed by atoms with Gasteiger partial charge in [-0.25, -0.2) is 0 Å². The van der Waals surface area contributed by atoms with Crippen LogP contribution in [0.4, 0.5) is 0 Å². The molecule has 1 amide bonds. The zero-order valence-corrected chi connectivity index (χ0v) is 16.3. The fourth-order valence-electron chi connectivity index (χ4n) is 3.76. The average molecular weight is 383 g/mol. The Bertz CT molecular complexity index is 1000. The van der Waals surface area contributed by atoms with E-state index in [0.717, 1.165) is 41.3 Å². The fourth-order valence-corrected chi connectivity index (χ4v) is 3.92. The molecule has 4 nitrogen and oxygen atoms in total. The summed E-state index contributed by atoms with van der Waals surface area (Å²) in [5, 5.41) is 15.1. The molecule has 0 spiro atoms. The third-order valence-corrected chi connectivity index (χ3v) is 5.95. The zero-order valence-electron chi connectivity index (χ0n) is 15.5. The predicted octanol–water partition coefficient (Wildman–Crippen LogP) is 4.69. The molecule has 1 atom stereocenters. The maximum atomic E-state index is 12.8. The van der Waals surface area contributed by atoms with E-state index in [9.17, 15) is 9.90 Å². The van der Waals surface area contributed by atoms with Gasteiger partial charge < -0.3 is 15.0 Å². The SMILES string of the molecule is C[C@@H](NC(=O)c1cc2ccc(Cl)cc2n1C)c1ccc(C2(O)CCC2)cc1. The van der Waals surface area contributed by atoms with Gasteiger partial charge in [-0.3, -0.25) is 4.79 Å². The van der Waals surface area contributed by atoms with E-state index in [1.807, 2.05) is 67.1 Å². The number of amides is 1. The Morgan fingerprint density at radius 1 is 1.19 bits per heavy atom. The first-order valence-corrected chi connectivity index (χ1v) is 9.64. The van der Waals surface area contributed by atoms with Gasteiger partial charge in [-0.15, -0.1) is 0 Å². The molecule has 1 heterocycles. The molecule has 0 saturated heterocycles. The lowest BCUT2D eigenvalue weighted by Crippen LogP contribution is -2.33. The molecule has 1 aromatic heterocycles. The van der Waals surface area contributed by atoms with Crippen LogP contribution in [0.5, 0.6) is 0 Å². The van der Waals surface area contributed by atoms with Crippen molar-refractivity contribution in [3.05, 3.63) is 70.4 Å². The maximum absolute atomic E-state index is 12.8. The van der Waals surface area contributed by atoms with Crippen molar-refractivity contribution in [3.8, 4) is 0 Å². The molecule has 2 aromatic carbocycles. The number of carbonyl (C=O) groups excluding carboxylic acids is 1. The van der Waals surface area contributed by atoms with E-state index in [1.165, 1.54) is 0 Å².